The Morgan fingerprint density at radius 2 is 1.92 bits per heavy atom. The summed E-state index contributed by atoms with van der Waals surface area (Å²) in [6.07, 6.45) is 1.69. The zero-order valence-corrected chi connectivity index (χ0v) is 16.3. The number of morpholine rings is 1. The molecule has 6 nitrogen and oxygen atoms in total. The number of rotatable bonds is 8. The van der Waals surface area contributed by atoms with Crippen LogP contribution in [0.4, 0.5) is 0 Å². The molecule has 0 radical (unpaired) electrons. The van der Waals surface area contributed by atoms with Crippen molar-refractivity contribution in [2.24, 2.45) is 4.99 Å². The van der Waals surface area contributed by atoms with Gasteiger partial charge in [-0.25, -0.2) is 0 Å². The van der Waals surface area contributed by atoms with Crippen molar-refractivity contribution in [3.05, 3.63) is 35.9 Å². The molecule has 26 heavy (non-hydrogen) atoms. The fourth-order valence-corrected chi connectivity index (χ4v) is 3.43. The maximum absolute atomic E-state index is 9.65. The molecular formula is C20H34N4O2. The maximum Gasteiger partial charge on any atom is 0.191 e. The van der Waals surface area contributed by atoms with E-state index in [1.807, 2.05) is 30.3 Å². The molecule has 0 saturated carbocycles. The second kappa shape index (κ2) is 11.2. The van der Waals surface area contributed by atoms with E-state index in [2.05, 4.69) is 34.4 Å². The van der Waals surface area contributed by atoms with E-state index in [0.717, 1.165) is 44.1 Å². The number of hydrogen-bond donors (Lipinski definition) is 3. The van der Waals surface area contributed by atoms with Crippen molar-refractivity contribution in [1.29, 1.82) is 0 Å². The summed E-state index contributed by atoms with van der Waals surface area (Å²) in [5.74, 6) is 0.842. The zero-order valence-electron chi connectivity index (χ0n) is 16.3. The number of aliphatic hydroxyl groups excluding tert-OH is 1. The van der Waals surface area contributed by atoms with Crippen LogP contribution in [0.5, 0.6) is 0 Å². The van der Waals surface area contributed by atoms with Crippen LogP contribution in [0.25, 0.3) is 0 Å². The summed E-state index contributed by atoms with van der Waals surface area (Å²) in [7, 11) is 1.77. The SMILES string of the molecule is CN=C(NCCCN1CC(C)OC(C)C1)NCC(CO)c1ccccc1. The van der Waals surface area contributed by atoms with Crippen LogP contribution < -0.4 is 10.6 Å². The summed E-state index contributed by atoms with van der Waals surface area (Å²) in [5.41, 5.74) is 1.13. The Labute approximate surface area is 157 Å². The fourth-order valence-electron chi connectivity index (χ4n) is 3.43. The van der Waals surface area contributed by atoms with Crippen LogP contribution in [0.15, 0.2) is 35.3 Å². The molecule has 0 aliphatic carbocycles. The Kier molecular flexibility index (Phi) is 8.88. The van der Waals surface area contributed by atoms with E-state index < -0.39 is 0 Å². The van der Waals surface area contributed by atoms with Gasteiger partial charge in [0.25, 0.3) is 0 Å². The van der Waals surface area contributed by atoms with E-state index in [1.54, 1.807) is 7.05 Å². The first kappa shape index (κ1) is 20.7. The van der Waals surface area contributed by atoms with Gasteiger partial charge in [0.15, 0.2) is 5.96 Å². The van der Waals surface area contributed by atoms with Gasteiger partial charge in [-0.2, -0.15) is 0 Å². The standard InChI is InChI=1S/C20H34N4O2/c1-16-13-24(14-17(2)26-16)11-7-10-22-20(21-3)23-12-19(15-25)18-8-5-4-6-9-18/h4-6,8-9,16-17,19,25H,7,10-15H2,1-3H3,(H2,21,22,23). The summed E-state index contributed by atoms with van der Waals surface area (Å²) in [4.78, 5) is 6.74. The highest BCUT2D eigenvalue weighted by Crippen LogP contribution is 2.13. The lowest BCUT2D eigenvalue weighted by molar-refractivity contribution is -0.0679. The molecule has 1 saturated heterocycles. The smallest absolute Gasteiger partial charge is 0.191 e. The van der Waals surface area contributed by atoms with Crippen LogP contribution in [0.3, 0.4) is 0 Å². The Morgan fingerprint density at radius 3 is 2.54 bits per heavy atom. The van der Waals surface area contributed by atoms with Crippen molar-refractivity contribution in [3.8, 4) is 0 Å². The van der Waals surface area contributed by atoms with Gasteiger partial charge < -0.3 is 20.5 Å². The lowest BCUT2D eigenvalue weighted by Gasteiger charge is -2.35. The van der Waals surface area contributed by atoms with Crippen LogP contribution >= 0.6 is 0 Å². The molecule has 1 aliphatic rings. The highest BCUT2D eigenvalue weighted by Gasteiger charge is 2.21. The minimum absolute atomic E-state index is 0.0612. The van der Waals surface area contributed by atoms with Gasteiger partial charge in [-0.1, -0.05) is 30.3 Å². The minimum Gasteiger partial charge on any atom is -0.396 e. The molecule has 1 aromatic rings. The lowest BCUT2D eigenvalue weighted by Crippen LogP contribution is -2.46. The van der Waals surface area contributed by atoms with Gasteiger partial charge in [0.05, 0.1) is 18.8 Å². The maximum atomic E-state index is 9.65. The van der Waals surface area contributed by atoms with Crippen LogP contribution in [-0.2, 0) is 4.74 Å². The number of ether oxygens (including phenoxy) is 1. The lowest BCUT2D eigenvalue weighted by atomic mass is 10.0. The Hall–Kier alpha value is -1.63. The summed E-state index contributed by atoms with van der Waals surface area (Å²) in [5, 5.41) is 16.3. The van der Waals surface area contributed by atoms with Crippen molar-refractivity contribution in [1.82, 2.24) is 15.5 Å². The van der Waals surface area contributed by atoms with Gasteiger partial charge in [-0.05, 0) is 25.8 Å². The molecule has 0 bridgehead atoms. The van der Waals surface area contributed by atoms with Crippen molar-refractivity contribution in [2.45, 2.75) is 38.4 Å². The second-order valence-corrected chi connectivity index (χ2v) is 7.04. The molecule has 0 amide bonds. The minimum atomic E-state index is 0.0612. The van der Waals surface area contributed by atoms with Crippen LogP contribution in [-0.4, -0.2) is 74.6 Å². The number of guanidine groups is 1. The molecule has 6 heteroatoms. The van der Waals surface area contributed by atoms with E-state index in [-0.39, 0.29) is 12.5 Å². The average Bonchev–Trinajstić information content (AvgIpc) is 2.64. The molecule has 1 heterocycles. The number of nitrogens with one attached hydrogen (secondary N) is 2. The van der Waals surface area contributed by atoms with Crippen LogP contribution in [0, 0.1) is 0 Å². The molecule has 1 aromatic carbocycles. The zero-order chi connectivity index (χ0) is 18.8. The second-order valence-electron chi connectivity index (χ2n) is 7.04. The highest BCUT2D eigenvalue weighted by atomic mass is 16.5. The van der Waals surface area contributed by atoms with Gasteiger partial charge in [0, 0.05) is 45.7 Å². The topological polar surface area (TPSA) is 69.1 Å². The van der Waals surface area contributed by atoms with E-state index >= 15 is 0 Å². The van der Waals surface area contributed by atoms with Crippen molar-refractivity contribution < 1.29 is 9.84 Å². The number of aliphatic imine (C=N–C) groups is 1. The molecule has 3 N–H and O–H groups in total. The molecule has 146 valence electrons. The molecule has 2 rings (SSSR count). The first-order chi connectivity index (χ1) is 12.6. The van der Waals surface area contributed by atoms with Gasteiger partial charge in [0.2, 0.25) is 0 Å². The third kappa shape index (κ3) is 6.94. The Morgan fingerprint density at radius 1 is 1.23 bits per heavy atom. The van der Waals surface area contributed by atoms with Gasteiger partial charge in [0.1, 0.15) is 0 Å². The molecule has 1 aliphatic heterocycles. The van der Waals surface area contributed by atoms with Gasteiger partial charge in [-0.15, -0.1) is 0 Å². The number of nitrogens with zero attached hydrogens (tertiary/aromatic N) is 2. The monoisotopic (exact) mass is 362 g/mol. The largest absolute Gasteiger partial charge is 0.396 e. The van der Waals surface area contributed by atoms with Gasteiger partial charge in [-0.3, -0.25) is 9.89 Å². The summed E-state index contributed by atoms with van der Waals surface area (Å²) >= 11 is 0. The normalized spacial score (nSPS) is 22.8. The molecule has 0 aromatic heterocycles. The molecule has 1 fully saturated rings. The van der Waals surface area contributed by atoms with Crippen molar-refractivity contribution in [2.75, 3.05) is 46.4 Å². The number of benzene rings is 1. The Bertz CT molecular complexity index is 528. The quantitative estimate of drug-likeness (QED) is 0.371. The molecular weight excluding hydrogens is 328 g/mol. The van der Waals surface area contributed by atoms with E-state index in [9.17, 15) is 5.11 Å². The highest BCUT2D eigenvalue weighted by molar-refractivity contribution is 5.79. The summed E-state index contributed by atoms with van der Waals surface area (Å²) in [6.45, 7) is 8.98. The van der Waals surface area contributed by atoms with Crippen molar-refractivity contribution in [3.63, 3.8) is 0 Å². The number of aliphatic hydroxyl groups is 1. The van der Waals surface area contributed by atoms with Crippen LogP contribution in [0.1, 0.15) is 31.7 Å². The predicted octanol–water partition coefficient (Wildman–Crippen LogP) is 1.43. The summed E-state index contributed by atoms with van der Waals surface area (Å²) in [6, 6.07) is 10.1. The first-order valence-electron chi connectivity index (χ1n) is 9.60. The third-order valence-corrected chi connectivity index (χ3v) is 4.67. The molecule has 3 atom stereocenters. The molecule has 3 unspecified atom stereocenters. The fraction of sp³-hybridized carbons (Fsp3) is 0.650. The van der Waals surface area contributed by atoms with E-state index in [1.165, 1.54) is 0 Å². The van der Waals surface area contributed by atoms with Crippen LogP contribution in [0.2, 0.25) is 0 Å². The molecule has 0 spiro atoms. The summed E-state index contributed by atoms with van der Waals surface area (Å²) < 4.78 is 5.77. The predicted molar refractivity (Wildman–Crippen MR) is 107 cm³/mol. The first-order valence-corrected chi connectivity index (χ1v) is 9.60. The van der Waals surface area contributed by atoms with E-state index in [0.29, 0.717) is 18.8 Å². The average molecular weight is 363 g/mol. The van der Waals surface area contributed by atoms with E-state index in [4.69, 9.17) is 4.74 Å². The number of hydrogen-bond acceptors (Lipinski definition) is 4. The Balaban J connectivity index is 1.67. The van der Waals surface area contributed by atoms with Crippen molar-refractivity contribution >= 4 is 5.96 Å². The van der Waals surface area contributed by atoms with Gasteiger partial charge >= 0.3 is 0 Å². The third-order valence-electron chi connectivity index (χ3n) is 4.67.